The zero-order chi connectivity index (χ0) is 8.48. The molecular weight excluding hydrogens is 223 g/mol. The molecule has 14 heavy (non-hydrogen) atoms. The van der Waals surface area contributed by atoms with Gasteiger partial charge in [-0.2, -0.15) is 0 Å². The van der Waals surface area contributed by atoms with Gasteiger partial charge in [0, 0.05) is 29.6 Å². The van der Waals surface area contributed by atoms with Crippen molar-refractivity contribution in [2.75, 3.05) is 0 Å². The summed E-state index contributed by atoms with van der Waals surface area (Å²) >= 11 is 0. The van der Waals surface area contributed by atoms with E-state index >= 15 is 0 Å². The molecule has 0 saturated heterocycles. The van der Waals surface area contributed by atoms with Crippen LogP contribution in [0.1, 0.15) is 0 Å². The van der Waals surface area contributed by atoms with Crippen LogP contribution in [0.5, 0.6) is 5.75 Å². The van der Waals surface area contributed by atoms with Gasteiger partial charge in [0.25, 0.3) is 0 Å². The first kappa shape index (κ1) is 19.4. The van der Waals surface area contributed by atoms with Gasteiger partial charge in [0.2, 0.25) is 0 Å². The molecule has 0 heterocycles. The summed E-state index contributed by atoms with van der Waals surface area (Å²) in [6.45, 7) is 0. The van der Waals surface area contributed by atoms with Crippen molar-refractivity contribution >= 4 is 39.7 Å². The predicted molar refractivity (Wildman–Crippen MR) is 49.1 cm³/mol. The zero-order valence-electron chi connectivity index (χ0n) is 7.39. The Balaban J connectivity index is -0.000000403. The van der Waals surface area contributed by atoms with Crippen molar-refractivity contribution in [2.45, 2.75) is 4.90 Å². The van der Waals surface area contributed by atoms with E-state index in [1.165, 1.54) is 0 Å². The minimum atomic E-state index is -4.38. The average Bonchev–Trinajstić information content (AvgIpc) is 1.86. The fourth-order valence-corrected chi connectivity index (χ4v) is 1.08. The first-order valence-electron chi connectivity index (χ1n) is 2.75. The molecule has 1 radical (unpaired) electrons. The molecule has 1 aromatic carbocycles. The van der Waals surface area contributed by atoms with Crippen LogP contribution in [0.4, 0.5) is 0 Å². The third kappa shape index (κ3) is 5.55. The smallest absolute Gasteiger partial charge is 0.124 e. The summed E-state index contributed by atoms with van der Waals surface area (Å²) in [5.41, 5.74) is 0. The molecule has 5 N–H and O–H groups in total. The third-order valence-corrected chi connectivity index (χ3v) is 1.97. The molecule has 0 unspecified atom stereocenters. The SMILES string of the molecule is O.O.O=S(=O)([O-])c1ccc(O)cc1.[Na]. The van der Waals surface area contributed by atoms with Crippen LogP contribution in [0.25, 0.3) is 0 Å². The van der Waals surface area contributed by atoms with Crippen LogP contribution < -0.4 is 0 Å². The molecule has 0 aliphatic rings. The Kier molecular flexibility index (Phi) is 9.97. The first-order chi connectivity index (χ1) is 5.00. The maximum atomic E-state index is 10.3. The molecule has 0 aliphatic heterocycles. The standard InChI is InChI=1S/C6H6O4S.Na.2H2O/c7-5-1-3-6(4-2-5)11(8,9)10;;;/h1-4,7H,(H,8,9,10);;2*1H2/p-1. The van der Waals surface area contributed by atoms with Gasteiger partial charge >= 0.3 is 0 Å². The molecule has 6 nitrogen and oxygen atoms in total. The number of hydrogen-bond acceptors (Lipinski definition) is 4. The summed E-state index contributed by atoms with van der Waals surface area (Å²) in [5, 5.41) is 8.73. The summed E-state index contributed by atoms with van der Waals surface area (Å²) in [5.74, 6) is -0.0719. The van der Waals surface area contributed by atoms with E-state index < -0.39 is 10.1 Å². The second kappa shape index (κ2) is 7.18. The van der Waals surface area contributed by atoms with Gasteiger partial charge in [-0.1, -0.05) is 0 Å². The van der Waals surface area contributed by atoms with E-state index in [1.54, 1.807) is 0 Å². The molecule has 0 fully saturated rings. The van der Waals surface area contributed by atoms with E-state index in [4.69, 9.17) is 5.11 Å². The molecule has 0 aliphatic carbocycles. The summed E-state index contributed by atoms with van der Waals surface area (Å²) in [4.78, 5) is -0.338. The minimum absolute atomic E-state index is 0. The van der Waals surface area contributed by atoms with Crippen molar-refractivity contribution in [3.8, 4) is 5.75 Å². The molecule has 1 aromatic rings. The second-order valence-corrected chi connectivity index (χ2v) is 3.33. The Morgan fingerprint density at radius 2 is 1.43 bits per heavy atom. The predicted octanol–water partition coefficient (Wildman–Crippen LogP) is -1.73. The summed E-state index contributed by atoms with van der Waals surface area (Å²) in [7, 11) is -4.38. The Morgan fingerprint density at radius 1 is 1.07 bits per heavy atom. The quantitative estimate of drug-likeness (QED) is 0.453. The molecule has 1 rings (SSSR count). The van der Waals surface area contributed by atoms with Crippen molar-refractivity contribution in [3.05, 3.63) is 24.3 Å². The van der Waals surface area contributed by atoms with Gasteiger partial charge in [0.1, 0.15) is 15.9 Å². The number of aromatic hydroxyl groups is 1. The van der Waals surface area contributed by atoms with Crippen LogP contribution in [0, 0.1) is 0 Å². The molecule has 0 amide bonds. The van der Waals surface area contributed by atoms with Gasteiger partial charge in [0.05, 0.1) is 4.90 Å². The average molecular weight is 232 g/mol. The van der Waals surface area contributed by atoms with Crippen LogP contribution in [-0.2, 0) is 10.1 Å². The molecule has 0 aromatic heterocycles. The van der Waals surface area contributed by atoms with Crippen LogP contribution in [-0.4, -0.2) is 58.6 Å². The van der Waals surface area contributed by atoms with Crippen molar-refractivity contribution < 1.29 is 29.0 Å². The number of benzene rings is 1. The van der Waals surface area contributed by atoms with E-state index in [1.807, 2.05) is 0 Å². The topological polar surface area (TPSA) is 140 Å². The van der Waals surface area contributed by atoms with Crippen LogP contribution in [0.3, 0.4) is 0 Å². The second-order valence-electron chi connectivity index (χ2n) is 1.95. The van der Waals surface area contributed by atoms with Gasteiger partial charge in [0.15, 0.2) is 0 Å². The minimum Gasteiger partial charge on any atom is -0.744 e. The van der Waals surface area contributed by atoms with Crippen molar-refractivity contribution in [3.63, 3.8) is 0 Å². The maximum Gasteiger partial charge on any atom is 0.124 e. The normalized spacial score (nSPS) is 8.93. The van der Waals surface area contributed by atoms with E-state index in [0.29, 0.717) is 0 Å². The number of phenols is 1. The van der Waals surface area contributed by atoms with Crippen molar-refractivity contribution in [1.82, 2.24) is 0 Å². The third-order valence-electron chi connectivity index (χ3n) is 1.13. The molecule has 77 valence electrons. The molecule has 0 atom stereocenters. The Morgan fingerprint density at radius 3 is 1.71 bits per heavy atom. The molecule has 0 bridgehead atoms. The number of hydrogen-bond donors (Lipinski definition) is 1. The fraction of sp³-hybridized carbons (Fsp3) is 0. The van der Waals surface area contributed by atoms with Crippen LogP contribution in [0.2, 0.25) is 0 Å². The monoisotopic (exact) mass is 232 g/mol. The van der Waals surface area contributed by atoms with Crippen molar-refractivity contribution in [2.24, 2.45) is 0 Å². The van der Waals surface area contributed by atoms with E-state index in [9.17, 15) is 13.0 Å². The van der Waals surface area contributed by atoms with E-state index in [-0.39, 0.29) is 51.2 Å². The van der Waals surface area contributed by atoms with Gasteiger partial charge in [-0.05, 0) is 24.3 Å². The van der Waals surface area contributed by atoms with Crippen LogP contribution >= 0.6 is 0 Å². The van der Waals surface area contributed by atoms with Gasteiger partial charge in [-0.3, -0.25) is 0 Å². The van der Waals surface area contributed by atoms with Gasteiger partial charge in [-0.15, -0.1) is 0 Å². The molecule has 0 saturated carbocycles. The van der Waals surface area contributed by atoms with Crippen LogP contribution in [0.15, 0.2) is 29.2 Å². The molecule has 8 heteroatoms. The summed E-state index contributed by atoms with van der Waals surface area (Å²) in [6, 6.07) is 4.39. The summed E-state index contributed by atoms with van der Waals surface area (Å²) in [6.07, 6.45) is 0. The Bertz CT molecular complexity index is 345. The Labute approximate surface area is 103 Å². The first-order valence-corrected chi connectivity index (χ1v) is 4.16. The van der Waals surface area contributed by atoms with Gasteiger partial charge in [-0.25, -0.2) is 8.42 Å². The maximum absolute atomic E-state index is 10.3. The molecular formula is C6H9NaO6S-. The number of rotatable bonds is 1. The summed E-state index contributed by atoms with van der Waals surface area (Å²) < 4.78 is 30.9. The zero-order valence-corrected chi connectivity index (χ0v) is 10.2. The van der Waals surface area contributed by atoms with E-state index in [0.717, 1.165) is 24.3 Å². The van der Waals surface area contributed by atoms with Gasteiger partial charge < -0.3 is 20.6 Å². The van der Waals surface area contributed by atoms with E-state index in [2.05, 4.69) is 0 Å². The fourth-order valence-electron chi connectivity index (χ4n) is 0.613. The molecule has 0 spiro atoms. The number of phenolic OH excluding ortho intramolecular Hbond substituents is 1. The Hall–Kier alpha value is -0.150. The largest absolute Gasteiger partial charge is 0.744 e. The van der Waals surface area contributed by atoms with Crippen molar-refractivity contribution in [1.29, 1.82) is 0 Å².